The molecule has 3 unspecified atom stereocenters. The SMILES string of the molecule is Cc1cc(-c2nc(C3CSC(C)C(C)S3)no2)c(N)s1. The van der Waals surface area contributed by atoms with Crippen molar-refractivity contribution in [2.45, 2.75) is 36.5 Å². The lowest BCUT2D eigenvalue weighted by Gasteiger charge is -2.29. The number of aromatic nitrogens is 2. The maximum absolute atomic E-state index is 5.98. The molecule has 2 aromatic heterocycles. The van der Waals surface area contributed by atoms with Gasteiger partial charge in [0.25, 0.3) is 5.89 Å². The Morgan fingerprint density at radius 1 is 1.35 bits per heavy atom. The second kappa shape index (κ2) is 5.61. The van der Waals surface area contributed by atoms with E-state index in [2.05, 4.69) is 24.0 Å². The largest absolute Gasteiger partial charge is 0.390 e. The van der Waals surface area contributed by atoms with Crippen LogP contribution in [0.1, 0.15) is 29.8 Å². The number of aryl methyl sites for hydroxylation is 1. The second-order valence-electron chi connectivity index (χ2n) is 4.96. The zero-order chi connectivity index (χ0) is 14.3. The van der Waals surface area contributed by atoms with Gasteiger partial charge in [0.05, 0.1) is 15.8 Å². The summed E-state index contributed by atoms with van der Waals surface area (Å²) in [6.45, 7) is 6.56. The first kappa shape index (κ1) is 14.3. The van der Waals surface area contributed by atoms with E-state index in [4.69, 9.17) is 10.3 Å². The highest BCUT2D eigenvalue weighted by Gasteiger charge is 2.30. The van der Waals surface area contributed by atoms with Crippen LogP contribution in [-0.4, -0.2) is 26.4 Å². The van der Waals surface area contributed by atoms with E-state index >= 15 is 0 Å². The molecule has 0 aromatic carbocycles. The van der Waals surface area contributed by atoms with Gasteiger partial charge in [0.1, 0.15) is 0 Å². The van der Waals surface area contributed by atoms with Crippen molar-refractivity contribution in [1.82, 2.24) is 10.1 Å². The number of nitrogen functional groups attached to an aromatic ring is 1. The molecular weight excluding hydrogens is 310 g/mol. The molecule has 7 heteroatoms. The lowest BCUT2D eigenvalue weighted by molar-refractivity contribution is 0.423. The molecule has 0 bridgehead atoms. The summed E-state index contributed by atoms with van der Waals surface area (Å²) in [4.78, 5) is 5.71. The highest BCUT2D eigenvalue weighted by Crippen LogP contribution is 2.44. The minimum atomic E-state index is 0.310. The van der Waals surface area contributed by atoms with Gasteiger partial charge in [-0.1, -0.05) is 19.0 Å². The van der Waals surface area contributed by atoms with Crippen molar-refractivity contribution in [3.05, 3.63) is 16.8 Å². The number of anilines is 1. The smallest absolute Gasteiger partial charge is 0.260 e. The van der Waals surface area contributed by atoms with Crippen molar-refractivity contribution < 1.29 is 4.52 Å². The third-order valence-corrected chi connectivity index (χ3v) is 7.66. The van der Waals surface area contributed by atoms with Gasteiger partial charge in [0.15, 0.2) is 5.82 Å². The van der Waals surface area contributed by atoms with Gasteiger partial charge in [-0.3, -0.25) is 0 Å². The van der Waals surface area contributed by atoms with E-state index in [1.807, 2.05) is 36.5 Å². The quantitative estimate of drug-likeness (QED) is 0.900. The fraction of sp³-hybridized carbons (Fsp3) is 0.538. The summed E-state index contributed by atoms with van der Waals surface area (Å²) in [7, 11) is 0. The molecule has 0 amide bonds. The van der Waals surface area contributed by atoms with Gasteiger partial charge in [-0.15, -0.1) is 23.1 Å². The number of hydrogen-bond donors (Lipinski definition) is 1. The molecular formula is C13H17N3OS3. The third kappa shape index (κ3) is 2.71. The van der Waals surface area contributed by atoms with Gasteiger partial charge in [-0.05, 0) is 13.0 Å². The standard InChI is InChI=1S/C13H17N3OS3/c1-6-4-9(11(14)19-6)13-15-12(16-17-13)10-5-18-7(2)8(3)20-10/h4,7-8,10H,5,14H2,1-3H3. The van der Waals surface area contributed by atoms with E-state index in [1.54, 1.807) is 11.3 Å². The summed E-state index contributed by atoms with van der Waals surface area (Å²) in [5.74, 6) is 2.37. The third-order valence-electron chi connectivity index (χ3n) is 3.39. The molecule has 3 atom stereocenters. The van der Waals surface area contributed by atoms with E-state index < -0.39 is 0 Å². The Labute approximate surface area is 130 Å². The molecule has 0 spiro atoms. The van der Waals surface area contributed by atoms with Crippen LogP contribution in [-0.2, 0) is 0 Å². The number of thiophene rings is 1. The monoisotopic (exact) mass is 327 g/mol. The van der Waals surface area contributed by atoms with E-state index in [0.29, 0.717) is 21.6 Å². The molecule has 0 aliphatic carbocycles. The fourth-order valence-corrected chi connectivity index (χ4v) is 5.71. The number of hydrogen-bond acceptors (Lipinski definition) is 7. The number of thioether (sulfide) groups is 2. The van der Waals surface area contributed by atoms with Crippen molar-refractivity contribution in [3.8, 4) is 11.5 Å². The Balaban J connectivity index is 1.82. The van der Waals surface area contributed by atoms with Crippen LogP contribution >= 0.6 is 34.9 Å². The van der Waals surface area contributed by atoms with E-state index in [0.717, 1.165) is 27.0 Å². The van der Waals surface area contributed by atoms with Crippen molar-refractivity contribution in [2.75, 3.05) is 11.5 Å². The molecule has 3 heterocycles. The van der Waals surface area contributed by atoms with Crippen LogP contribution in [0.25, 0.3) is 11.5 Å². The van der Waals surface area contributed by atoms with Crippen LogP contribution in [0, 0.1) is 6.92 Å². The average Bonchev–Trinajstić information content (AvgIpc) is 2.99. The molecule has 20 heavy (non-hydrogen) atoms. The Morgan fingerprint density at radius 2 is 2.15 bits per heavy atom. The van der Waals surface area contributed by atoms with E-state index in [1.165, 1.54) is 0 Å². The highest BCUT2D eigenvalue weighted by atomic mass is 32.2. The summed E-state index contributed by atoms with van der Waals surface area (Å²) in [6, 6.07) is 2.00. The molecule has 2 N–H and O–H groups in total. The molecule has 1 aliphatic heterocycles. The highest BCUT2D eigenvalue weighted by molar-refractivity contribution is 8.07. The fourth-order valence-electron chi connectivity index (χ4n) is 2.09. The van der Waals surface area contributed by atoms with Crippen LogP contribution in [0.2, 0.25) is 0 Å². The van der Waals surface area contributed by atoms with E-state index in [-0.39, 0.29) is 0 Å². The lowest BCUT2D eigenvalue weighted by atomic mass is 10.3. The average molecular weight is 328 g/mol. The molecule has 1 fully saturated rings. The number of rotatable bonds is 2. The molecule has 0 radical (unpaired) electrons. The first-order chi connectivity index (χ1) is 9.54. The summed E-state index contributed by atoms with van der Waals surface area (Å²) in [5.41, 5.74) is 6.84. The lowest BCUT2D eigenvalue weighted by Crippen LogP contribution is -2.22. The van der Waals surface area contributed by atoms with Crippen LogP contribution in [0.15, 0.2) is 10.6 Å². The Bertz CT molecular complexity index is 610. The summed E-state index contributed by atoms with van der Waals surface area (Å²) >= 11 is 5.46. The molecule has 4 nitrogen and oxygen atoms in total. The van der Waals surface area contributed by atoms with Gasteiger partial charge in [0.2, 0.25) is 0 Å². The van der Waals surface area contributed by atoms with Gasteiger partial charge < -0.3 is 10.3 Å². The zero-order valence-corrected chi connectivity index (χ0v) is 14.1. The normalized spacial score (nSPS) is 26.9. The Hall–Kier alpha value is -0.660. The first-order valence-electron chi connectivity index (χ1n) is 6.51. The molecule has 1 saturated heterocycles. The second-order valence-corrected chi connectivity index (χ2v) is 9.24. The number of nitrogens with zero attached hydrogens (tertiary/aromatic N) is 2. The van der Waals surface area contributed by atoms with Gasteiger partial charge >= 0.3 is 0 Å². The van der Waals surface area contributed by atoms with Gasteiger partial charge in [-0.2, -0.15) is 16.7 Å². The van der Waals surface area contributed by atoms with Gasteiger partial charge in [-0.25, -0.2) is 0 Å². The maximum Gasteiger partial charge on any atom is 0.260 e. The molecule has 3 rings (SSSR count). The Morgan fingerprint density at radius 3 is 2.80 bits per heavy atom. The first-order valence-corrected chi connectivity index (χ1v) is 9.32. The minimum absolute atomic E-state index is 0.310. The molecule has 0 saturated carbocycles. The van der Waals surface area contributed by atoms with Crippen molar-refractivity contribution in [2.24, 2.45) is 0 Å². The maximum atomic E-state index is 5.98. The van der Waals surface area contributed by atoms with Crippen molar-refractivity contribution >= 4 is 39.9 Å². The van der Waals surface area contributed by atoms with Crippen LogP contribution in [0.4, 0.5) is 5.00 Å². The number of nitrogens with two attached hydrogens (primary N) is 1. The van der Waals surface area contributed by atoms with Gasteiger partial charge in [0, 0.05) is 21.1 Å². The van der Waals surface area contributed by atoms with Crippen molar-refractivity contribution in [1.29, 1.82) is 0 Å². The molecule has 108 valence electrons. The summed E-state index contributed by atoms with van der Waals surface area (Å²) in [6.07, 6.45) is 0. The van der Waals surface area contributed by atoms with Crippen LogP contribution in [0.3, 0.4) is 0 Å². The van der Waals surface area contributed by atoms with Crippen molar-refractivity contribution in [3.63, 3.8) is 0 Å². The predicted octanol–water partition coefficient (Wildman–Crippen LogP) is 3.99. The van der Waals surface area contributed by atoms with Crippen LogP contribution in [0.5, 0.6) is 0 Å². The Kier molecular flexibility index (Phi) is 4.01. The van der Waals surface area contributed by atoms with Crippen LogP contribution < -0.4 is 5.73 Å². The zero-order valence-electron chi connectivity index (χ0n) is 11.6. The molecule has 2 aromatic rings. The molecule has 1 aliphatic rings. The summed E-state index contributed by atoms with van der Waals surface area (Å²) in [5, 5.41) is 6.49. The predicted molar refractivity (Wildman–Crippen MR) is 88.5 cm³/mol. The topological polar surface area (TPSA) is 64.9 Å². The summed E-state index contributed by atoms with van der Waals surface area (Å²) < 4.78 is 5.40. The minimum Gasteiger partial charge on any atom is -0.390 e. The van der Waals surface area contributed by atoms with E-state index in [9.17, 15) is 0 Å².